The van der Waals surface area contributed by atoms with Crippen LogP contribution in [0.5, 0.6) is 0 Å². The highest BCUT2D eigenvalue weighted by Gasteiger charge is 2.25. The lowest BCUT2D eigenvalue weighted by Crippen LogP contribution is -3.00. The molecule has 0 aliphatic carbocycles. The Morgan fingerprint density at radius 3 is 0.600 bits per heavy atom. The lowest BCUT2D eigenvalue weighted by Gasteiger charge is -2.39. The van der Waals surface area contributed by atoms with Crippen molar-refractivity contribution >= 4 is 10.4 Å². The summed E-state index contributed by atoms with van der Waals surface area (Å²) in [6.45, 7) is 30.0. The third-order valence-electron chi connectivity index (χ3n) is 7.89. The van der Waals surface area contributed by atoms with Crippen LogP contribution in [0.3, 0.4) is 0 Å². The topological polar surface area (TPSA) is 77.4 Å². The second-order valence-electron chi connectivity index (χ2n) is 11.7. The van der Waals surface area contributed by atoms with Gasteiger partial charge in [-0.05, 0) is 51.4 Å². The SMILES string of the molecule is CCCC[N+](CCCC)(CCCC)CCCC.CCCC[N+](CCCC)(CCCC)CCCC.O=S(=O)([O-])O.[Cl-]. The zero-order chi connectivity index (χ0) is 30.5. The molecule has 0 aliphatic rings. The van der Waals surface area contributed by atoms with E-state index in [1.807, 2.05) is 0 Å². The average molecular weight is 617 g/mol. The zero-order valence-corrected chi connectivity index (χ0v) is 29.9. The van der Waals surface area contributed by atoms with Gasteiger partial charge in [0.2, 0.25) is 10.4 Å². The molecule has 0 aromatic heterocycles. The molecule has 0 amide bonds. The molecule has 0 aliphatic heterocycles. The van der Waals surface area contributed by atoms with Gasteiger partial charge in [-0.2, -0.15) is 0 Å². The van der Waals surface area contributed by atoms with Crippen molar-refractivity contribution in [3.05, 3.63) is 0 Å². The molecule has 0 fully saturated rings. The lowest BCUT2D eigenvalue weighted by molar-refractivity contribution is -0.929. The number of nitrogens with zero attached hydrogens (tertiary/aromatic N) is 2. The molecule has 8 heteroatoms. The zero-order valence-electron chi connectivity index (χ0n) is 28.3. The smallest absolute Gasteiger partial charge is 0.215 e. The van der Waals surface area contributed by atoms with Crippen LogP contribution in [0.15, 0.2) is 0 Å². The predicted octanol–water partition coefficient (Wildman–Crippen LogP) is 6.02. The average Bonchev–Trinajstić information content (AvgIpc) is 2.91. The molecule has 1 N–H and O–H groups in total. The van der Waals surface area contributed by atoms with E-state index in [4.69, 9.17) is 17.5 Å². The molecule has 0 rings (SSSR count). The van der Waals surface area contributed by atoms with Crippen LogP contribution in [0.4, 0.5) is 0 Å². The van der Waals surface area contributed by atoms with E-state index >= 15 is 0 Å². The van der Waals surface area contributed by atoms with Crippen molar-refractivity contribution in [2.75, 3.05) is 52.4 Å². The third kappa shape index (κ3) is 32.6. The molecule has 0 saturated heterocycles. The number of halogens is 1. The Labute approximate surface area is 259 Å². The van der Waals surface area contributed by atoms with Gasteiger partial charge < -0.3 is 25.9 Å². The molecule has 6 nitrogen and oxygen atoms in total. The van der Waals surface area contributed by atoms with Gasteiger partial charge >= 0.3 is 0 Å². The summed E-state index contributed by atoms with van der Waals surface area (Å²) < 4.78 is 35.7. The second kappa shape index (κ2) is 32.0. The highest BCUT2D eigenvalue weighted by Crippen LogP contribution is 2.17. The van der Waals surface area contributed by atoms with Gasteiger partial charge in [-0.15, -0.1) is 0 Å². The van der Waals surface area contributed by atoms with Crippen molar-refractivity contribution in [3.63, 3.8) is 0 Å². The summed E-state index contributed by atoms with van der Waals surface area (Å²) in [6.07, 6.45) is 22.1. The van der Waals surface area contributed by atoms with E-state index in [0.29, 0.717) is 0 Å². The molecule has 40 heavy (non-hydrogen) atoms. The Bertz CT molecular complexity index is 472. The Balaban J connectivity index is -0.000000271. The molecule has 0 spiro atoms. The van der Waals surface area contributed by atoms with Gasteiger partial charge in [0, 0.05) is 0 Å². The van der Waals surface area contributed by atoms with Gasteiger partial charge in [0.25, 0.3) is 0 Å². The summed E-state index contributed by atoms with van der Waals surface area (Å²) >= 11 is 0. The maximum Gasteiger partial charge on any atom is 0.215 e. The summed E-state index contributed by atoms with van der Waals surface area (Å²) in [6, 6.07) is 0. The number of unbranched alkanes of at least 4 members (excludes halogenated alkanes) is 8. The van der Waals surface area contributed by atoms with E-state index in [1.54, 1.807) is 0 Å². The number of rotatable bonds is 24. The monoisotopic (exact) mass is 616 g/mol. The summed E-state index contributed by atoms with van der Waals surface area (Å²) in [5.74, 6) is 0. The minimum absolute atomic E-state index is 0. The first-order valence-corrected chi connectivity index (χ1v) is 18.2. The van der Waals surface area contributed by atoms with Gasteiger partial charge in [0.15, 0.2) is 0 Å². The van der Waals surface area contributed by atoms with E-state index in [0.717, 1.165) is 0 Å². The fourth-order valence-corrected chi connectivity index (χ4v) is 5.29. The van der Waals surface area contributed by atoms with E-state index in [2.05, 4.69) is 55.4 Å². The van der Waals surface area contributed by atoms with Gasteiger partial charge in [0.1, 0.15) is 0 Å². The molecule has 0 atom stereocenters. The fourth-order valence-electron chi connectivity index (χ4n) is 5.29. The Hall–Kier alpha value is 0.0800. The van der Waals surface area contributed by atoms with Crippen molar-refractivity contribution in [2.45, 2.75) is 158 Å². The van der Waals surface area contributed by atoms with E-state index in [1.165, 1.54) is 164 Å². The lowest BCUT2D eigenvalue weighted by atomic mass is 10.1. The van der Waals surface area contributed by atoms with Crippen LogP contribution in [-0.2, 0) is 10.4 Å². The van der Waals surface area contributed by atoms with Gasteiger partial charge in [-0.3, -0.25) is 4.55 Å². The molecule has 0 aromatic carbocycles. The highest BCUT2D eigenvalue weighted by atomic mass is 35.5. The normalized spacial score (nSPS) is 11.7. The summed E-state index contributed by atoms with van der Waals surface area (Å²) in [5, 5.41) is 0. The summed E-state index contributed by atoms with van der Waals surface area (Å²) in [4.78, 5) is 0. The van der Waals surface area contributed by atoms with E-state index < -0.39 is 10.4 Å². The van der Waals surface area contributed by atoms with Crippen LogP contribution in [-0.4, -0.2) is 78.8 Å². The summed E-state index contributed by atoms with van der Waals surface area (Å²) in [5.41, 5.74) is 0. The van der Waals surface area contributed by atoms with E-state index in [9.17, 15) is 0 Å². The molecule has 0 unspecified atom stereocenters. The van der Waals surface area contributed by atoms with Crippen LogP contribution in [0.25, 0.3) is 0 Å². The molecule has 0 bridgehead atoms. The quantitative estimate of drug-likeness (QED) is 0.0818. The van der Waals surface area contributed by atoms with Gasteiger partial charge in [-0.25, -0.2) is 8.42 Å². The maximum absolute atomic E-state index is 8.63. The fraction of sp³-hybridized carbons (Fsp3) is 1.00. The highest BCUT2D eigenvalue weighted by molar-refractivity contribution is 7.79. The number of quaternary nitrogens is 2. The predicted molar refractivity (Wildman–Crippen MR) is 171 cm³/mol. The largest absolute Gasteiger partial charge is 1.00 e. The first-order chi connectivity index (χ1) is 18.5. The molecule has 0 saturated carbocycles. The molecule has 0 heterocycles. The van der Waals surface area contributed by atoms with Crippen LogP contribution in [0.1, 0.15) is 158 Å². The van der Waals surface area contributed by atoms with Gasteiger partial charge in [-0.1, -0.05) is 107 Å². The van der Waals surface area contributed by atoms with Crippen molar-refractivity contribution in [3.8, 4) is 0 Å². The first-order valence-electron chi connectivity index (χ1n) is 16.9. The van der Waals surface area contributed by atoms with Crippen molar-refractivity contribution < 1.29 is 38.9 Å². The number of hydrogen-bond acceptors (Lipinski definition) is 3. The van der Waals surface area contributed by atoms with Gasteiger partial charge in [0.05, 0.1) is 52.4 Å². The minimum atomic E-state index is -4.92. The first kappa shape index (κ1) is 47.0. The van der Waals surface area contributed by atoms with Crippen molar-refractivity contribution in [2.24, 2.45) is 0 Å². The van der Waals surface area contributed by atoms with E-state index in [-0.39, 0.29) is 12.4 Å². The molecular formula is C32H73ClN2O4S. The number of hydrogen-bond donors (Lipinski definition) is 1. The Kier molecular flexibility index (Phi) is 37.6. The Morgan fingerprint density at radius 1 is 0.425 bits per heavy atom. The standard InChI is InChI=1S/2C16H36N.ClH.H2O4S/c2*1-5-9-13-17(14-10-6-2,15-11-7-3)16-12-8-4;;1-5(2,3)4/h2*5-16H2,1-4H3;1H;(H2,1,2,3,4)/q2*+1;;/p-2. The van der Waals surface area contributed by atoms with Crippen LogP contribution >= 0.6 is 0 Å². The third-order valence-corrected chi connectivity index (χ3v) is 7.89. The molecule has 248 valence electrons. The van der Waals surface area contributed by atoms with Crippen molar-refractivity contribution in [1.29, 1.82) is 0 Å². The molecular weight excluding hydrogens is 544 g/mol. The molecule has 0 aromatic rings. The Morgan fingerprint density at radius 2 is 0.525 bits per heavy atom. The summed E-state index contributed by atoms with van der Waals surface area (Å²) in [7, 11) is -4.92. The van der Waals surface area contributed by atoms with Crippen LogP contribution in [0.2, 0.25) is 0 Å². The minimum Gasteiger partial charge on any atom is -1.00 e. The van der Waals surface area contributed by atoms with Crippen molar-refractivity contribution in [1.82, 2.24) is 0 Å². The second-order valence-corrected chi connectivity index (χ2v) is 12.6. The maximum atomic E-state index is 8.63. The van der Waals surface area contributed by atoms with Crippen LogP contribution < -0.4 is 12.4 Å². The van der Waals surface area contributed by atoms with Crippen LogP contribution in [0, 0.1) is 0 Å². The molecule has 0 radical (unpaired) electrons.